The first-order chi connectivity index (χ1) is 16.0. The van der Waals surface area contributed by atoms with Crippen molar-refractivity contribution >= 4 is 27.8 Å². The lowest BCUT2D eigenvalue weighted by molar-refractivity contribution is 0.0668. The summed E-state index contributed by atoms with van der Waals surface area (Å²) in [6.07, 6.45) is 6.11. The maximum Gasteiger partial charge on any atom is 0.248 e. The van der Waals surface area contributed by atoms with Crippen molar-refractivity contribution in [1.29, 1.82) is 0 Å². The number of ether oxygens (including phenoxy) is 1. The number of halogens is 1. The van der Waals surface area contributed by atoms with Crippen molar-refractivity contribution in [3.05, 3.63) is 71.4 Å². The van der Waals surface area contributed by atoms with Gasteiger partial charge >= 0.3 is 0 Å². The first-order valence-electron chi connectivity index (χ1n) is 11.4. The lowest BCUT2D eigenvalue weighted by Gasteiger charge is -2.29. The monoisotopic (exact) mass is 446 g/mol. The number of imidazole rings is 1. The van der Waals surface area contributed by atoms with E-state index < -0.39 is 5.91 Å². The van der Waals surface area contributed by atoms with Crippen molar-refractivity contribution in [2.45, 2.75) is 38.2 Å². The zero-order valence-electron chi connectivity index (χ0n) is 18.6. The van der Waals surface area contributed by atoms with E-state index in [2.05, 4.69) is 9.97 Å². The van der Waals surface area contributed by atoms with Crippen LogP contribution in [0.2, 0.25) is 0 Å². The van der Waals surface area contributed by atoms with Crippen LogP contribution in [0, 0.1) is 11.7 Å². The van der Waals surface area contributed by atoms with Gasteiger partial charge in [0.1, 0.15) is 18.2 Å². The van der Waals surface area contributed by atoms with Crippen molar-refractivity contribution in [2.24, 2.45) is 18.7 Å². The van der Waals surface area contributed by atoms with Gasteiger partial charge < -0.3 is 15.0 Å². The molecule has 0 atom stereocenters. The third-order valence-electron chi connectivity index (χ3n) is 6.87. The van der Waals surface area contributed by atoms with Gasteiger partial charge in [0, 0.05) is 30.8 Å². The van der Waals surface area contributed by atoms with Gasteiger partial charge in [-0.1, -0.05) is 0 Å². The molecule has 0 spiro atoms. The Balaban J connectivity index is 1.19. The number of aryl methyl sites for hydroxylation is 1. The number of nitrogens with two attached hydrogens (primary N) is 1. The summed E-state index contributed by atoms with van der Waals surface area (Å²) in [6.45, 7) is 1.11. The van der Waals surface area contributed by atoms with Gasteiger partial charge in [0.15, 0.2) is 0 Å². The van der Waals surface area contributed by atoms with Gasteiger partial charge in [-0.05, 0) is 85.5 Å². The van der Waals surface area contributed by atoms with Crippen LogP contribution in [0.5, 0.6) is 0 Å². The third-order valence-corrected chi connectivity index (χ3v) is 6.87. The third kappa shape index (κ3) is 4.33. The van der Waals surface area contributed by atoms with E-state index in [1.165, 1.54) is 11.6 Å². The topological polar surface area (TPSA) is 83.0 Å². The normalized spacial score (nSPS) is 18.7. The van der Waals surface area contributed by atoms with Crippen LogP contribution in [0.25, 0.3) is 21.9 Å². The molecule has 6 nitrogen and oxygen atoms in total. The highest BCUT2D eigenvalue weighted by atomic mass is 19.1. The largest absolute Gasteiger partial charge is 0.373 e. The number of hydrogen-bond donors (Lipinski definition) is 1. The molecule has 7 heteroatoms. The van der Waals surface area contributed by atoms with E-state index in [4.69, 9.17) is 10.5 Å². The molecule has 33 heavy (non-hydrogen) atoms. The van der Waals surface area contributed by atoms with Crippen molar-refractivity contribution in [3.8, 4) is 0 Å². The number of hydrogen-bond acceptors (Lipinski definition) is 4. The van der Waals surface area contributed by atoms with Gasteiger partial charge in [0.05, 0.1) is 16.6 Å². The molecule has 170 valence electrons. The molecule has 1 aliphatic carbocycles. The molecule has 1 saturated carbocycles. The minimum atomic E-state index is -0.458. The molecule has 0 radical (unpaired) electrons. The molecule has 0 bridgehead atoms. The molecule has 1 aliphatic rings. The smallest absolute Gasteiger partial charge is 0.248 e. The second kappa shape index (κ2) is 8.90. The molecular formula is C26H27FN4O2. The van der Waals surface area contributed by atoms with E-state index in [-0.39, 0.29) is 5.82 Å². The van der Waals surface area contributed by atoms with Crippen LogP contribution < -0.4 is 5.73 Å². The predicted molar refractivity (Wildman–Crippen MR) is 125 cm³/mol. The molecule has 0 saturated heterocycles. The number of carbonyl (C=O) groups excluding carboxylic acids is 1. The number of primary amides is 1. The Labute approximate surface area is 191 Å². The SMILES string of the molecule is Cn1c(COCC2CCC(c3ccnc4ccc(F)cc34)CC2)nc2cc(C(N)=O)ccc21. The minimum Gasteiger partial charge on any atom is -0.373 e. The number of aromatic nitrogens is 3. The van der Waals surface area contributed by atoms with Gasteiger partial charge in [0.2, 0.25) is 5.91 Å². The lowest BCUT2D eigenvalue weighted by Crippen LogP contribution is -2.18. The number of benzene rings is 2. The van der Waals surface area contributed by atoms with Crippen LogP contribution in [0.15, 0.2) is 48.7 Å². The highest BCUT2D eigenvalue weighted by Crippen LogP contribution is 2.38. The summed E-state index contributed by atoms with van der Waals surface area (Å²) in [5, 5.41) is 0.929. The number of amides is 1. The van der Waals surface area contributed by atoms with Crippen LogP contribution >= 0.6 is 0 Å². The van der Waals surface area contributed by atoms with Crippen LogP contribution in [0.3, 0.4) is 0 Å². The number of pyridine rings is 1. The van der Waals surface area contributed by atoms with E-state index in [9.17, 15) is 9.18 Å². The Morgan fingerprint density at radius 3 is 2.73 bits per heavy atom. The maximum atomic E-state index is 13.8. The number of carbonyl (C=O) groups is 1. The first kappa shape index (κ1) is 21.5. The number of fused-ring (bicyclic) bond motifs is 2. The molecule has 1 amide bonds. The van der Waals surface area contributed by atoms with E-state index >= 15 is 0 Å². The standard InChI is InChI=1S/C26H27FN4O2/c1-31-24-9-6-18(26(28)32)12-23(24)30-25(31)15-33-14-16-2-4-17(5-3-16)20-10-11-29-22-8-7-19(27)13-21(20)22/h6-13,16-17H,2-5,14-15H2,1H3,(H2,28,32). The summed E-state index contributed by atoms with van der Waals surface area (Å²) in [5.74, 6) is 1.08. The minimum absolute atomic E-state index is 0.216. The van der Waals surface area contributed by atoms with Gasteiger partial charge in [-0.3, -0.25) is 9.78 Å². The number of rotatable bonds is 6. The maximum absolute atomic E-state index is 13.8. The summed E-state index contributed by atoms with van der Waals surface area (Å²) < 4.78 is 21.8. The van der Waals surface area contributed by atoms with Crippen molar-refractivity contribution in [3.63, 3.8) is 0 Å². The first-order valence-corrected chi connectivity index (χ1v) is 11.4. The van der Waals surface area contributed by atoms with E-state index in [0.29, 0.717) is 30.6 Å². The fourth-order valence-corrected chi connectivity index (χ4v) is 4.98. The molecule has 2 aromatic heterocycles. The molecule has 1 fully saturated rings. The molecule has 5 rings (SSSR count). The molecule has 0 aliphatic heterocycles. The van der Waals surface area contributed by atoms with Crippen LogP contribution in [0.1, 0.15) is 53.3 Å². The summed E-state index contributed by atoms with van der Waals surface area (Å²) in [7, 11) is 1.95. The Morgan fingerprint density at radius 1 is 1.12 bits per heavy atom. The van der Waals surface area contributed by atoms with Gasteiger partial charge in [-0.2, -0.15) is 0 Å². The molecule has 2 aromatic carbocycles. The molecular weight excluding hydrogens is 419 g/mol. The average Bonchev–Trinajstić information content (AvgIpc) is 3.14. The molecule has 2 N–H and O–H groups in total. The van der Waals surface area contributed by atoms with E-state index in [0.717, 1.165) is 53.4 Å². The van der Waals surface area contributed by atoms with Crippen LogP contribution in [0.4, 0.5) is 4.39 Å². The summed E-state index contributed by atoms with van der Waals surface area (Å²) in [6, 6.07) is 12.2. The second-order valence-corrected chi connectivity index (χ2v) is 8.95. The van der Waals surface area contributed by atoms with E-state index in [1.807, 2.05) is 29.9 Å². The Morgan fingerprint density at radius 2 is 1.94 bits per heavy atom. The molecule has 2 heterocycles. The van der Waals surface area contributed by atoms with Crippen LogP contribution in [-0.4, -0.2) is 27.0 Å². The Kier molecular flexibility index (Phi) is 5.81. The quantitative estimate of drug-likeness (QED) is 0.459. The highest BCUT2D eigenvalue weighted by molar-refractivity contribution is 5.96. The highest BCUT2D eigenvalue weighted by Gasteiger charge is 2.24. The zero-order chi connectivity index (χ0) is 22.9. The second-order valence-electron chi connectivity index (χ2n) is 8.95. The van der Waals surface area contributed by atoms with E-state index in [1.54, 1.807) is 24.3 Å². The van der Waals surface area contributed by atoms with Crippen molar-refractivity contribution < 1.29 is 13.9 Å². The fourth-order valence-electron chi connectivity index (χ4n) is 4.98. The summed E-state index contributed by atoms with van der Waals surface area (Å²) in [4.78, 5) is 20.4. The lowest BCUT2D eigenvalue weighted by atomic mass is 9.78. The van der Waals surface area contributed by atoms with Gasteiger partial charge in [0.25, 0.3) is 0 Å². The van der Waals surface area contributed by atoms with Gasteiger partial charge in [-0.25, -0.2) is 9.37 Å². The molecule has 0 unspecified atom stereocenters. The van der Waals surface area contributed by atoms with Gasteiger partial charge in [-0.15, -0.1) is 0 Å². The average molecular weight is 447 g/mol. The van der Waals surface area contributed by atoms with Crippen LogP contribution in [-0.2, 0) is 18.4 Å². The molecule has 4 aromatic rings. The Hall–Kier alpha value is -3.32. The number of nitrogens with zero attached hydrogens (tertiary/aromatic N) is 3. The Bertz CT molecular complexity index is 1320. The van der Waals surface area contributed by atoms with Crippen molar-refractivity contribution in [1.82, 2.24) is 14.5 Å². The van der Waals surface area contributed by atoms with Crippen molar-refractivity contribution in [2.75, 3.05) is 6.61 Å². The summed E-state index contributed by atoms with van der Waals surface area (Å²) >= 11 is 0. The zero-order valence-corrected chi connectivity index (χ0v) is 18.6. The fraction of sp³-hybridized carbons (Fsp3) is 0.346. The predicted octanol–water partition coefficient (Wildman–Crippen LogP) is 4.85. The summed E-state index contributed by atoms with van der Waals surface area (Å²) in [5.41, 5.74) is 9.57.